The summed E-state index contributed by atoms with van der Waals surface area (Å²) in [4.78, 5) is 0. The van der Waals surface area contributed by atoms with E-state index in [1.54, 1.807) is 0 Å². The highest BCUT2D eigenvalue weighted by Gasteiger charge is 2.54. The standard InChI is InChI=1S/C32H54O25/c1-7-13(37)25(21(45)32(51-7)57-26-15(39)10(34)3-47-27(26)46)56-30-20(44)24(12(36)6-50-30)55-31-18(42)16(40)22(8(2)52-31)53-29-19(43)23(11(35)5-49-29)54-28-17(41)14(38)9(33)4-48-28/h7-46H,3-6H2,1-2H3/t7-,8-,9+,10+,11+,12+,13-,14-,15-,16-,17+,18+,19+,20+,21+,22-,23-,24-,25+,26+,27?,28-,29-,30-,31-,32-/m0/s1. The number of aliphatic hydroxyl groups excluding tert-OH is 14. The van der Waals surface area contributed by atoms with Gasteiger partial charge in [-0.05, 0) is 13.8 Å². The molecular formula is C32H54O25. The van der Waals surface area contributed by atoms with Crippen molar-refractivity contribution in [1.29, 1.82) is 0 Å². The van der Waals surface area contributed by atoms with Crippen molar-refractivity contribution in [2.45, 2.75) is 174 Å². The van der Waals surface area contributed by atoms with Gasteiger partial charge in [0.2, 0.25) is 0 Å². The third-order valence-electron chi connectivity index (χ3n) is 10.8. The topological polar surface area (TPSA) is 385 Å². The average molecular weight is 839 g/mol. The van der Waals surface area contributed by atoms with E-state index < -0.39 is 186 Å². The number of hydrogen-bond acceptors (Lipinski definition) is 25. The molecule has 6 rings (SSSR count). The maximum Gasteiger partial charge on any atom is 0.187 e. The minimum Gasteiger partial charge on any atom is -0.388 e. The molecule has 6 aliphatic heterocycles. The van der Waals surface area contributed by atoms with Crippen LogP contribution in [0.4, 0.5) is 0 Å². The quantitative estimate of drug-likeness (QED) is 0.0971. The van der Waals surface area contributed by atoms with Crippen LogP contribution >= 0.6 is 0 Å². The van der Waals surface area contributed by atoms with Gasteiger partial charge in [-0.25, -0.2) is 0 Å². The Bertz CT molecular complexity index is 1270. The first-order valence-electron chi connectivity index (χ1n) is 18.5. The Kier molecular flexibility index (Phi) is 15.1. The predicted molar refractivity (Wildman–Crippen MR) is 172 cm³/mol. The Morgan fingerprint density at radius 3 is 1.30 bits per heavy atom. The first-order valence-corrected chi connectivity index (χ1v) is 18.5. The minimum absolute atomic E-state index is 0.398. The minimum atomic E-state index is -1.93. The van der Waals surface area contributed by atoms with E-state index in [0.717, 1.165) is 0 Å². The summed E-state index contributed by atoms with van der Waals surface area (Å²) in [6.07, 6.45) is -42.0. The van der Waals surface area contributed by atoms with Crippen LogP contribution in [0.15, 0.2) is 0 Å². The SMILES string of the molecule is C[C@@H]1O[C@@H](O[C@H]2C(O)OC[C@@H](O)[C@@H]2O)[C@H](O)[C@H](O[C@@H]2OC[C@@H](O)[C@H](O[C@@H]3O[C@@H](C)[C@H](O[C@@H]4OC[C@@H](O)[C@H](O[C@@H]5OC[C@@H](O)[C@H](O)[C@H]5O)[C@H]4O)[C@@H](O)[C@H]3O)[C@H]2O)[C@H]1O. The van der Waals surface area contributed by atoms with Crippen LogP contribution < -0.4 is 0 Å². The molecule has 0 aromatic heterocycles. The van der Waals surface area contributed by atoms with Crippen molar-refractivity contribution in [1.82, 2.24) is 0 Å². The molecule has 14 N–H and O–H groups in total. The number of aliphatic hydroxyl groups is 14. The van der Waals surface area contributed by atoms with E-state index in [-0.39, 0.29) is 0 Å². The molecule has 0 bridgehead atoms. The van der Waals surface area contributed by atoms with Crippen molar-refractivity contribution in [3.63, 3.8) is 0 Å². The van der Waals surface area contributed by atoms with Gasteiger partial charge >= 0.3 is 0 Å². The van der Waals surface area contributed by atoms with Gasteiger partial charge in [0.1, 0.15) is 110 Å². The Morgan fingerprint density at radius 1 is 0.316 bits per heavy atom. The van der Waals surface area contributed by atoms with Gasteiger partial charge < -0.3 is 124 Å². The van der Waals surface area contributed by atoms with Crippen molar-refractivity contribution >= 4 is 0 Å². The molecule has 25 nitrogen and oxygen atoms in total. The average Bonchev–Trinajstić information content (AvgIpc) is 3.17. The van der Waals surface area contributed by atoms with E-state index in [1.807, 2.05) is 0 Å². The first-order chi connectivity index (χ1) is 26.9. The van der Waals surface area contributed by atoms with Gasteiger partial charge in [-0.2, -0.15) is 0 Å². The van der Waals surface area contributed by atoms with Crippen molar-refractivity contribution in [3.05, 3.63) is 0 Å². The molecule has 1 unspecified atom stereocenters. The number of ether oxygens (including phenoxy) is 11. The highest BCUT2D eigenvalue weighted by atomic mass is 16.8. The van der Waals surface area contributed by atoms with Crippen molar-refractivity contribution < 1.29 is 124 Å². The fraction of sp³-hybridized carbons (Fsp3) is 1.00. The van der Waals surface area contributed by atoms with Crippen molar-refractivity contribution in [2.75, 3.05) is 26.4 Å². The molecule has 332 valence electrons. The third-order valence-corrected chi connectivity index (χ3v) is 10.8. The molecule has 0 aromatic rings. The van der Waals surface area contributed by atoms with Crippen LogP contribution in [-0.4, -0.2) is 258 Å². The number of rotatable bonds is 10. The van der Waals surface area contributed by atoms with Crippen molar-refractivity contribution in [2.24, 2.45) is 0 Å². The smallest absolute Gasteiger partial charge is 0.187 e. The molecule has 0 saturated carbocycles. The Morgan fingerprint density at radius 2 is 0.702 bits per heavy atom. The largest absolute Gasteiger partial charge is 0.388 e. The van der Waals surface area contributed by atoms with E-state index in [9.17, 15) is 71.5 Å². The van der Waals surface area contributed by atoms with Gasteiger partial charge in [0.25, 0.3) is 0 Å². The molecule has 0 radical (unpaired) electrons. The predicted octanol–water partition coefficient (Wildman–Crippen LogP) is -9.49. The summed E-state index contributed by atoms with van der Waals surface area (Å²) in [7, 11) is 0. The molecule has 0 amide bonds. The summed E-state index contributed by atoms with van der Waals surface area (Å²) in [6, 6.07) is 0. The lowest BCUT2D eigenvalue weighted by atomic mass is 9.97. The van der Waals surface area contributed by atoms with Gasteiger partial charge in [-0.15, -0.1) is 0 Å². The maximum atomic E-state index is 11.2. The van der Waals surface area contributed by atoms with Crippen LogP contribution in [0.2, 0.25) is 0 Å². The van der Waals surface area contributed by atoms with Crippen molar-refractivity contribution in [3.8, 4) is 0 Å². The second kappa shape index (κ2) is 18.9. The zero-order valence-electron chi connectivity index (χ0n) is 30.6. The summed E-state index contributed by atoms with van der Waals surface area (Å²) in [5, 5.41) is 148. The fourth-order valence-corrected chi connectivity index (χ4v) is 7.30. The van der Waals surface area contributed by atoms with Crippen LogP contribution in [0, 0.1) is 0 Å². The molecule has 6 aliphatic rings. The normalized spacial score (nSPS) is 55.4. The molecule has 6 fully saturated rings. The van der Waals surface area contributed by atoms with E-state index in [0.29, 0.717) is 0 Å². The van der Waals surface area contributed by atoms with Gasteiger partial charge in [0, 0.05) is 0 Å². The number of hydrogen-bond donors (Lipinski definition) is 14. The third kappa shape index (κ3) is 9.58. The fourth-order valence-electron chi connectivity index (χ4n) is 7.30. The van der Waals surface area contributed by atoms with Crippen LogP contribution in [-0.2, 0) is 52.1 Å². The second-order valence-electron chi connectivity index (χ2n) is 14.9. The summed E-state index contributed by atoms with van der Waals surface area (Å²) in [6.45, 7) is 0.934. The van der Waals surface area contributed by atoms with Crippen LogP contribution in [0.25, 0.3) is 0 Å². The van der Waals surface area contributed by atoms with Gasteiger partial charge in [0.05, 0.1) is 38.6 Å². The molecular weight excluding hydrogens is 784 g/mol. The lowest BCUT2D eigenvalue weighted by molar-refractivity contribution is -0.384. The van der Waals surface area contributed by atoms with Crippen LogP contribution in [0.1, 0.15) is 13.8 Å². The van der Waals surface area contributed by atoms with E-state index in [1.165, 1.54) is 13.8 Å². The summed E-state index contributed by atoms with van der Waals surface area (Å²) >= 11 is 0. The Balaban J connectivity index is 1.06. The lowest BCUT2D eigenvalue weighted by Gasteiger charge is -2.48. The zero-order valence-corrected chi connectivity index (χ0v) is 30.6. The highest BCUT2D eigenvalue weighted by molar-refractivity contribution is 4.96. The molecule has 0 spiro atoms. The highest BCUT2D eigenvalue weighted by Crippen LogP contribution is 2.34. The molecule has 0 aromatic carbocycles. The second-order valence-corrected chi connectivity index (χ2v) is 14.9. The molecule has 26 atom stereocenters. The van der Waals surface area contributed by atoms with Crippen LogP contribution in [0.5, 0.6) is 0 Å². The summed E-state index contributed by atoms with van der Waals surface area (Å²) < 4.78 is 60.5. The Labute approximate surface area is 323 Å². The summed E-state index contributed by atoms with van der Waals surface area (Å²) in [5.41, 5.74) is 0. The Hall–Kier alpha value is -1.00. The van der Waals surface area contributed by atoms with E-state index in [2.05, 4.69) is 0 Å². The summed E-state index contributed by atoms with van der Waals surface area (Å²) in [5.74, 6) is 0. The first kappa shape index (κ1) is 45.5. The van der Waals surface area contributed by atoms with E-state index >= 15 is 0 Å². The molecule has 25 heteroatoms. The van der Waals surface area contributed by atoms with Gasteiger partial charge in [0.15, 0.2) is 37.7 Å². The molecule has 6 saturated heterocycles. The lowest BCUT2D eigenvalue weighted by Crippen LogP contribution is -2.66. The monoisotopic (exact) mass is 838 g/mol. The molecule has 57 heavy (non-hydrogen) atoms. The zero-order chi connectivity index (χ0) is 41.6. The molecule has 6 heterocycles. The van der Waals surface area contributed by atoms with E-state index in [4.69, 9.17) is 52.1 Å². The molecule has 0 aliphatic carbocycles. The van der Waals surface area contributed by atoms with Gasteiger partial charge in [-0.1, -0.05) is 0 Å². The maximum absolute atomic E-state index is 11.2. The van der Waals surface area contributed by atoms with Gasteiger partial charge in [-0.3, -0.25) is 0 Å². The van der Waals surface area contributed by atoms with Crippen LogP contribution in [0.3, 0.4) is 0 Å².